The lowest BCUT2D eigenvalue weighted by Crippen LogP contribution is -2.28. The van der Waals surface area contributed by atoms with Crippen molar-refractivity contribution in [2.24, 2.45) is 4.40 Å². The molecule has 1 aliphatic heterocycles. The van der Waals surface area contributed by atoms with E-state index >= 15 is 0 Å². The Morgan fingerprint density at radius 3 is 2.79 bits per heavy atom. The summed E-state index contributed by atoms with van der Waals surface area (Å²) in [4.78, 5) is 0. The fourth-order valence-electron chi connectivity index (χ4n) is 1.67. The maximum Gasteiger partial charge on any atom is 0.144 e. The van der Waals surface area contributed by atoms with Crippen LogP contribution in [0.4, 0.5) is 0 Å². The van der Waals surface area contributed by atoms with E-state index in [0.29, 0.717) is 24.3 Å². The average molecular weight is 276 g/mol. The molecule has 1 aliphatic rings. The molecule has 0 saturated heterocycles. The number of hydrogen-bond donors (Lipinski definition) is 0. The highest BCUT2D eigenvalue weighted by molar-refractivity contribution is 7.91. The molecule has 1 heterocycles. The van der Waals surface area contributed by atoms with E-state index in [1.54, 1.807) is 12.1 Å². The molecule has 0 N–H and O–H groups in total. The molecule has 1 unspecified atom stereocenters. The Balaban J connectivity index is 2.38. The number of fused-ring (bicyclic) bond motifs is 1. The number of hydrogen-bond acceptors (Lipinski definition) is 4. The fourth-order valence-corrected chi connectivity index (χ4v) is 2.34. The first-order valence-corrected chi connectivity index (χ1v) is 7.19. The molecule has 0 bridgehead atoms. The molecule has 19 heavy (non-hydrogen) atoms. The summed E-state index contributed by atoms with van der Waals surface area (Å²) >= 11 is -1.28. The van der Waals surface area contributed by atoms with Gasteiger partial charge >= 0.3 is 0 Å². The van der Waals surface area contributed by atoms with Crippen LogP contribution in [0.2, 0.25) is 0 Å². The summed E-state index contributed by atoms with van der Waals surface area (Å²) in [5.41, 5.74) is 2.18. The minimum Gasteiger partial charge on any atom is -0.591 e. The second kappa shape index (κ2) is 5.24. The smallest absolute Gasteiger partial charge is 0.144 e. The molecule has 0 amide bonds. The predicted molar refractivity (Wildman–Crippen MR) is 75.7 cm³/mol. The van der Waals surface area contributed by atoms with Crippen LogP contribution in [0, 0.1) is 11.3 Å². The van der Waals surface area contributed by atoms with Crippen molar-refractivity contribution in [1.82, 2.24) is 0 Å². The second-order valence-electron chi connectivity index (χ2n) is 5.32. The number of rotatable bonds is 1. The quantitative estimate of drug-likeness (QED) is 0.740. The first-order chi connectivity index (χ1) is 8.91. The van der Waals surface area contributed by atoms with Gasteiger partial charge in [0.05, 0.1) is 18.2 Å². The van der Waals surface area contributed by atoms with Gasteiger partial charge in [0.15, 0.2) is 0 Å². The third-order valence-corrected chi connectivity index (χ3v) is 4.17. The minimum atomic E-state index is -1.28. The molecule has 100 valence electrons. The molecular weight excluding hydrogens is 260 g/mol. The van der Waals surface area contributed by atoms with E-state index in [-0.39, 0.29) is 4.75 Å². The summed E-state index contributed by atoms with van der Waals surface area (Å²) in [6.45, 7) is 6.19. The van der Waals surface area contributed by atoms with Crippen LogP contribution in [0.25, 0.3) is 0 Å². The molecule has 0 fully saturated rings. The Bertz CT molecular complexity index is 556. The number of nitrogens with zero attached hydrogens (tertiary/aromatic N) is 2. The van der Waals surface area contributed by atoms with Crippen LogP contribution in [-0.2, 0) is 11.4 Å². The van der Waals surface area contributed by atoms with Crippen LogP contribution < -0.4 is 4.74 Å². The zero-order valence-corrected chi connectivity index (χ0v) is 12.1. The first-order valence-electron chi connectivity index (χ1n) is 6.08. The van der Waals surface area contributed by atoms with Gasteiger partial charge in [0, 0.05) is 12.0 Å². The van der Waals surface area contributed by atoms with E-state index in [9.17, 15) is 4.55 Å². The van der Waals surface area contributed by atoms with Gasteiger partial charge in [-0.2, -0.15) is 5.26 Å². The van der Waals surface area contributed by atoms with Crippen LogP contribution in [0.1, 0.15) is 38.3 Å². The number of ether oxygens (including phenoxy) is 1. The van der Waals surface area contributed by atoms with Gasteiger partial charge < -0.3 is 9.29 Å². The molecule has 0 radical (unpaired) electrons. The summed E-state index contributed by atoms with van der Waals surface area (Å²) in [7, 11) is 0. The van der Waals surface area contributed by atoms with Crippen molar-refractivity contribution in [3.8, 4) is 11.8 Å². The molecule has 1 aromatic carbocycles. The lowest BCUT2D eigenvalue weighted by molar-refractivity contribution is 0.320. The fraction of sp³-hybridized carbons (Fsp3) is 0.429. The van der Waals surface area contributed by atoms with Crippen molar-refractivity contribution >= 4 is 17.1 Å². The van der Waals surface area contributed by atoms with E-state index < -0.39 is 11.4 Å². The van der Waals surface area contributed by atoms with Crippen molar-refractivity contribution in [2.75, 3.05) is 6.61 Å². The van der Waals surface area contributed by atoms with Crippen LogP contribution in [0.15, 0.2) is 22.6 Å². The van der Waals surface area contributed by atoms with Crippen LogP contribution in [0.5, 0.6) is 5.75 Å². The van der Waals surface area contributed by atoms with Gasteiger partial charge in [0.25, 0.3) is 0 Å². The van der Waals surface area contributed by atoms with E-state index in [4.69, 9.17) is 10.00 Å². The zero-order valence-electron chi connectivity index (χ0n) is 11.3. The van der Waals surface area contributed by atoms with Gasteiger partial charge in [-0.1, -0.05) is 4.40 Å². The van der Waals surface area contributed by atoms with E-state index in [1.165, 1.54) is 0 Å². The third kappa shape index (κ3) is 3.09. The number of benzene rings is 1. The molecule has 4 nitrogen and oxygen atoms in total. The Kier molecular flexibility index (Phi) is 3.83. The molecule has 1 aromatic rings. The average Bonchev–Trinajstić information content (AvgIpc) is 2.37. The van der Waals surface area contributed by atoms with Crippen molar-refractivity contribution in [3.05, 3.63) is 29.3 Å². The molecule has 1 atom stereocenters. The predicted octanol–water partition coefficient (Wildman–Crippen LogP) is 2.59. The molecule has 0 aromatic heterocycles. The highest BCUT2D eigenvalue weighted by Crippen LogP contribution is 2.28. The van der Waals surface area contributed by atoms with E-state index in [1.807, 2.05) is 26.8 Å². The molecule has 2 rings (SSSR count). The van der Waals surface area contributed by atoms with Gasteiger partial charge in [-0.25, -0.2) is 0 Å². The van der Waals surface area contributed by atoms with Gasteiger partial charge in [0.2, 0.25) is 0 Å². The van der Waals surface area contributed by atoms with Crippen molar-refractivity contribution < 1.29 is 9.29 Å². The van der Waals surface area contributed by atoms with Gasteiger partial charge in [-0.05, 0) is 39.0 Å². The lowest BCUT2D eigenvalue weighted by atomic mass is 10.0. The maximum atomic E-state index is 12.1. The summed E-state index contributed by atoms with van der Waals surface area (Å²) in [6.07, 6.45) is 0.640. The normalized spacial score (nSPS) is 18.4. The minimum absolute atomic E-state index is 0.377. The maximum absolute atomic E-state index is 12.1. The number of nitriles is 1. The van der Waals surface area contributed by atoms with Gasteiger partial charge in [-0.15, -0.1) is 0 Å². The topological polar surface area (TPSA) is 68.4 Å². The van der Waals surface area contributed by atoms with Crippen LogP contribution >= 0.6 is 0 Å². The second-order valence-corrected chi connectivity index (χ2v) is 7.23. The third-order valence-electron chi connectivity index (χ3n) is 2.74. The lowest BCUT2D eigenvalue weighted by Gasteiger charge is -2.22. The Labute approximate surface area is 116 Å². The Hall–Kier alpha value is -1.51. The summed E-state index contributed by atoms with van der Waals surface area (Å²) in [6, 6.07) is 7.31. The summed E-state index contributed by atoms with van der Waals surface area (Å²) in [5, 5.41) is 8.87. The van der Waals surface area contributed by atoms with Crippen molar-refractivity contribution in [1.29, 1.82) is 5.26 Å². The zero-order chi connectivity index (χ0) is 14.0. The van der Waals surface area contributed by atoms with Gasteiger partial charge in [0.1, 0.15) is 27.6 Å². The molecule has 0 saturated carbocycles. The van der Waals surface area contributed by atoms with Crippen LogP contribution in [0.3, 0.4) is 0 Å². The van der Waals surface area contributed by atoms with E-state index in [0.717, 1.165) is 11.3 Å². The summed E-state index contributed by atoms with van der Waals surface area (Å²) in [5.74, 6) is 0.648. The Morgan fingerprint density at radius 1 is 1.42 bits per heavy atom. The van der Waals surface area contributed by atoms with Gasteiger partial charge in [-0.3, -0.25) is 0 Å². The highest BCUT2D eigenvalue weighted by atomic mass is 32.2. The molecule has 0 aliphatic carbocycles. The van der Waals surface area contributed by atoms with E-state index in [2.05, 4.69) is 10.5 Å². The SMILES string of the molecule is CC(C)(C)[S+]([O-])N=C1CCOc2cc(C#N)ccc21. The Morgan fingerprint density at radius 2 is 2.16 bits per heavy atom. The standard InChI is InChI=1S/C14H16N2O2S/c1-14(2,3)19(17)16-12-6-7-18-13-8-10(9-15)4-5-11(12)13/h4-5,8H,6-7H2,1-3H3. The van der Waals surface area contributed by atoms with Crippen molar-refractivity contribution in [3.63, 3.8) is 0 Å². The van der Waals surface area contributed by atoms with Crippen molar-refractivity contribution in [2.45, 2.75) is 31.9 Å². The largest absolute Gasteiger partial charge is 0.591 e. The monoisotopic (exact) mass is 276 g/mol. The van der Waals surface area contributed by atoms with Crippen LogP contribution in [-0.4, -0.2) is 21.6 Å². The molecule has 0 spiro atoms. The molecule has 5 heteroatoms. The molecular formula is C14H16N2O2S. The summed E-state index contributed by atoms with van der Waals surface area (Å²) < 4.78 is 21.6. The first kappa shape index (κ1) is 13.9. The highest BCUT2D eigenvalue weighted by Gasteiger charge is 2.29.